The van der Waals surface area contributed by atoms with Gasteiger partial charge in [0.1, 0.15) is 232 Å². The normalized spacial score (nSPS) is 48.3. The lowest BCUT2D eigenvalue weighted by atomic mass is 9.78. The monoisotopic (exact) mass is 1780 g/mol. The van der Waals surface area contributed by atoms with Crippen LogP contribution in [0.4, 0.5) is 0 Å². The minimum atomic E-state index is -2.30. The number of amides is 2. The van der Waals surface area contributed by atoms with Crippen molar-refractivity contribution in [3.63, 3.8) is 0 Å². The van der Waals surface area contributed by atoms with E-state index in [1.54, 1.807) is 12.1 Å². The van der Waals surface area contributed by atoms with Gasteiger partial charge in [-0.1, -0.05) is 26.0 Å². The number of carbonyl (C=O) groups excluding carboxylic acids is 2. The SMILES string of the molecule is COC1C(CO)OC(OC2C(CO)OC(OC3C(CO)OC(OC4C(CO)OC(OC5C(CO)OC(OC6C(CO)OC(OC7C(CO)OC(OC8C(CO)OC(OC9C(CO)OC(Oc%10ccc(CC%11NC(=O)C(NC(=O)CN)C%11(C)C)cc%10)C(O)C9O)C(OC)C8O)C(O)C7O)C(O)C6O)C(O)C5O)C(O)C4O)C(O)C3O)C(O)C2O)C(O)C1O. The second-order valence-electron chi connectivity index (χ2n) is 31.6. The van der Waals surface area contributed by atoms with Crippen LogP contribution in [-0.2, 0) is 106 Å². The molecule has 10 fully saturated rings. The summed E-state index contributed by atoms with van der Waals surface area (Å²) in [5.74, 6) is -0.732. The molecule has 0 spiro atoms. The Morgan fingerprint density at radius 1 is 0.344 bits per heavy atom. The Bertz CT molecular complexity index is 3380. The van der Waals surface area contributed by atoms with Crippen molar-refractivity contribution in [1.29, 1.82) is 0 Å². The molecule has 10 aliphatic heterocycles. The maximum atomic E-state index is 12.8. The Balaban J connectivity index is 0.650. The molecule has 1 aromatic carbocycles. The van der Waals surface area contributed by atoms with Crippen molar-refractivity contribution in [3.8, 4) is 5.75 Å². The molecule has 1 aromatic rings. The number of nitrogens with two attached hydrogens (primary N) is 1. The van der Waals surface area contributed by atoms with Gasteiger partial charge >= 0.3 is 0 Å². The zero-order valence-electron chi connectivity index (χ0n) is 65.9. The zero-order chi connectivity index (χ0) is 89.1. The predicted octanol–water partition coefficient (Wildman–Crippen LogP) is -18.7. The van der Waals surface area contributed by atoms with Gasteiger partial charge in [0.25, 0.3) is 0 Å². The largest absolute Gasteiger partial charge is 0.462 e. The maximum absolute atomic E-state index is 12.8. The van der Waals surface area contributed by atoms with Crippen LogP contribution in [0.2, 0.25) is 0 Å². The highest BCUT2D eigenvalue weighted by atomic mass is 16.8. The topological polar surface area (TPSA) is 795 Å². The van der Waals surface area contributed by atoms with E-state index in [1.807, 2.05) is 13.8 Å². The summed E-state index contributed by atoms with van der Waals surface area (Å²) in [4.78, 5) is 24.9. The summed E-state index contributed by atoms with van der Waals surface area (Å²) in [5.41, 5.74) is 5.46. The van der Waals surface area contributed by atoms with Gasteiger partial charge in [0.2, 0.25) is 18.1 Å². The van der Waals surface area contributed by atoms with Crippen molar-refractivity contribution in [1.82, 2.24) is 10.6 Å². The molecule has 0 aliphatic carbocycles. The molecular weight excluding hydrogens is 1660 g/mol. The Labute approximate surface area is 693 Å². The van der Waals surface area contributed by atoms with E-state index < -0.39 is 359 Å². The highest BCUT2D eigenvalue weighted by Gasteiger charge is 2.62. The maximum Gasteiger partial charge on any atom is 0.243 e. The van der Waals surface area contributed by atoms with E-state index in [1.165, 1.54) is 19.2 Å². The molecule has 122 heavy (non-hydrogen) atoms. The van der Waals surface area contributed by atoms with Crippen molar-refractivity contribution < 1.29 is 237 Å². The first-order chi connectivity index (χ1) is 58.0. The zero-order valence-corrected chi connectivity index (χ0v) is 65.9. The van der Waals surface area contributed by atoms with E-state index in [-0.39, 0.29) is 18.2 Å². The molecule has 702 valence electrons. The summed E-state index contributed by atoms with van der Waals surface area (Å²) < 4.78 is 114. The van der Waals surface area contributed by atoms with Crippen LogP contribution in [0.5, 0.6) is 5.75 Å². The van der Waals surface area contributed by atoms with Gasteiger partial charge in [0, 0.05) is 25.7 Å². The lowest BCUT2D eigenvalue weighted by Crippen LogP contribution is -2.68. The molecule has 51 nitrogen and oxygen atoms in total. The fourth-order valence-electron chi connectivity index (χ4n) is 16.4. The first-order valence-electron chi connectivity index (χ1n) is 39.3. The number of methoxy groups -OCH3 is 2. The molecule has 2 amide bonds. The van der Waals surface area contributed by atoms with Crippen LogP contribution in [0.1, 0.15) is 19.4 Å². The highest BCUT2D eigenvalue weighted by Crippen LogP contribution is 2.42. The lowest BCUT2D eigenvalue weighted by Gasteiger charge is -2.50. The Kier molecular flexibility index (Phi) is 34.6. The van der Waals surface area contributed by atoms with Crippen LogP contribution in [-0.4, -0.2) is 513 Å². The molecule has 51 heteroatoms. The van der Waals surface area contributed by atoms with Gasteiger partial charge in [-0.05, 0) is 24.1 Å². The third-order valence-electron chi connectivity index (χ3n) is 23.6. The lowest BCUT2D eigenvalue weighted by molar-refractivity contribution is -0.400. The summed E-state index contributed by atoms with van der Waals surface area (Å²) in [7, 11) is 2.25. The van der Waals surface area contributed by atoms with Gasteiger partial charge in [-0.2, -0.15) is 0 Å². The summed E-state index contributed by atoms with van der Waals surface area (Å²) in [6, 6.07) is 5.16. The van der Waals surface area contributed by atoms with Crippen LogP contribution >= 0.6 is 0 Å². The van der Waals surface area contributed by atoms with Crippen molar-refractivity contribution in [3.05, 3.63) is 29.8 Å². The summed E-state index contributed by atoms with van der Waals surface area (Å²) in [6.45, 7) is -5.75. The van der Waals surface area contributed by atoms with E-state index in [9.17, 15) is 142 Å². The fraction of sp³-hybridized carbons (Fsp3) is 0.887. The molecule has 10 heterocycles. The van der Waals surface area contributed by atoms with E-state index in [4.69, 9.17) is 100 Å². The first-order valence-corrected chi connectivity index (χ1v) is 39.3. The van der Waals surface area contributed by atoms with Crippen molar-refractivity contribution >= 4 is 11.8 Å². The molecule has 47 unspecified atom stereocenters. The van der Waals surface area contributed by atoms with E-state index in [2.05, 4.69) is 10.6 Å². The smallest absolute Gasteiger partial charge is 0.243 e. The van der Waals surface area contributed by atoms with E-state index >= 15 is 0 Å². The van der Waals surface area contributed by atoms with Gasteiger partial charge < -0.3 is 244 Å². The number of hydrogen-bond acceptors (Lipinski definition) is 49. The number of ether oxygens (including phenoxy) is 20. The number of benzene rings is 1. The number of aliphatic hydroxyl groups excluding tert-OH is 26. The van der Waals surface area contributed by atoms with Gasteiger partial charge in [-0.25, -0.2) is 0 Å². The molecule has 0 radical (unpaired) electrons. The van der Waals surface area contributed by atoms with Crippen LogP contribution in [0.25, 0.3) is 0 Å². The van der Waals surface area contributed by atoms with E-state index in [0.29, 0.717) is 6.42 Å². The highest BCUT2D eigenvalue weighted by molar-refractivity contribution is 5.91. The number of carbonyl (C=O) groups is 2. The average Bonchev–Trinajstić information content (AvgIpc) is 1.38. The van der Waals surface area contributed by atoms with Gasteiger partial charge in [-0.3, -0.25) is 9.59 Å². The van der Waals surface area contributed by atoms with Gasteiger partial charge in [-0.15, -0.1) is 0 Å². The third kappa shape index (κ3) is 20.5. The average molecular weight is 1780 g/mol. The summed E-state index contributed by atoms with van der Waals surface area (Å²) in [6.07, 6.45) is -86.4. The molecule has 0 bridgehead atoms. The minimum absolute atomic E-state index is 0.140. The number of nitrogens with one attached hydrogen (secondary N) is 2. The van der Waals surface area contributed by atoms with Crippen molar-refractivity contribution in [2.24, 2.45) is 11.1 Å². The second kappa shape index (κ2) is 42.8. The number of aliphatic hydroxyl groups is 26. The number of rotatable bonds is 33. The molecule has 11 rings (SSSR count). The molecule has 47 atom stereocenters. The Morgan fingerprint density at radius 2 is 0.574 bits per heavy atom. The molecular formula is C71H115N3O48. The van der Waals surface area contributed by atoms with Gasteiger partial charge in [0.05, 0.1) is 66.0 Å². The molecule has 0 saturated carbocycles. The fourth-order valence-corrected chi connectivity index (χ4v) is 16.4. The van der Waals surface area contributed by atoms with Gasteiger partial charge in [0.15, 0.2) is 50.3 Å². The van der Waals surface area contributed by atoms with Crippen LogP contribution in [0.15, 0.2) is 24.3 Å². The molecule has 10 aliphatic rings. The Morgan fingerprint density at radius 3 is 0.836 bits per heavy atom. The Hall–Kier alpha value is -3.88. The van der Waals surface area contributed by atoms with E-state index in [0.717, 1.165) is 12.7 Å². The molecule has 30 N–H and O–H groups in total. The number of hydrogen-bond donors (Lipinski definition) is 29. The van der Waals surface area contributed by atoms with Crippen LogP contribution < -0.4 is 21.1 Å². The van der Waals surface area contributed by atoms with Crippen LogP contribution in [0.3, 0.4) is 0 Å². The van der Waals surface area contributed by atoms with Crippen molar-refractivity contribution in [2.45, 2.75) is 309 Å². The second-order valence-corrected chi connectivity index (χ2v) is 31.6. The molecule has 10 saturated heterocycles. The molecule has 0 aromatic heterocycles. The summed E-state index contributed by atoms with van der Waals surface area (Å²) in [5, 5.41) is 293. The summed E-state index contributed by atoms with van der Waals surface area (Å²) >= 11 is 0. The predicted molar refractivity (Wildman–Crippen MR) is 382 cm³/mol. The van der Waals surface area contributed by atoms with Crippen LogP contribution in [0, 0.1) is 5.41 Å². The minimum Gasteiger partial charge on any atom is -0.462 e. The first kappa shape index (κ1) is 98.7. The van der Waals surface area contributed by atoms with Crippen molar-refractivity contribution in [2.75, 3.05) is 80.2 Å². The quantitative estimate of drug-likeness (QED) is 0.0311. The third-order valence-corrected chi connectivity index (χ3v) is 23.6. The standard InChI is InChI=1S/C71H115N3O48/c1-71(2)31(73-61(102)60(71)74-32(84)10-72)9-20-5-7-21(8-6-20)105-62-42(94)34(86)57(29(18-82)107-62)122-70-59(104-4)49(101)58(30(19-83)114-70)121-69-48(100)40(92)56(28(17-81)113-69)120-68-47(99)39(91)55(27(16-80)112-68)119-67-46(98)38(90)54(26(15-79)111-67)118-66-45(97)37(89)53(25(14-78)110-66)117-65-44(96)36(88)52(24(13-77)109-65)116-64-43(95)35(87)51(23(12-76)108-64)115-63-41(93)33(85)50(103-3)22(11-75)106-63/h5-8,22-31,33-60,62-70,75-83,85-101H,9-19,72H2,1-4H3,(H,73,102)(H,74,84).